The van der Waals surface area contributed by atoms with Crippen LogP contribution in [0.5, 0.6) is 0 Å². The first kappa shape index (κ1) is 18.2. The zero-order valence-corrected chi connectivity index (χ0v) is 14.5. The molecule has 8 heteroatoms. The molecule has 0 saturated heterocycles. The van der Waals surface area contributed by atoms with Gasteiger partial charge in [-0.3, -0.25) is 19.7 Å². The summed E-state index contributed by atoms with van der Waals surface area (Å²) < 4.78 is 5.33. The highest BCUT2D eigenvalue weighted by molar-refractivity contribution is 5.77. The highest BCUT2D eigenvalue weighted by atomic mass is 16.6. The Bertz CT molecular complexity index is 1060. The van der Waals surface area contributed by atoms with Crippen molar-refractivity contribution in [3.05, 3.63) is 80.4 Å². The van der Waals surface area contributed by atoms with Gasteiger partial charge in [-0.25, -0.2) is 4.98 Å². The smallest absolute Gasteiger partial charge is 0.306 e. The van der Waals surface area contributed by atoms with E-state index in [0.29, 0.717) is 22.3 Å². The van der Waals surface area contributed by atoms with Crippen LogP contribution in [0.2, 0.25) is 0 Å². The average Bonchev–Trinajstić information content (AvgIpc) is 2.66. The maximum absolute atomic E-state index is 12.1. The Morgan fingerprint density at radius 3 is 2.81 bits per heavy atom. The lowest BCUT2D eigenvalue weighted by Gasteiger charge is -2.13. The van der Waals surface area contributed by atoms with Crippen molar-refractivity contribution in [1.82, 2.24) is 9.97 Å². The van der Waals surface area contributed by atoms with E-state index in [1.54, 1.807) is 43.3 Å². The molecule has 138 valence electrons. The highest BCUT2D eigenvalue weighted by Gasteiger charge is 2.15. The minimum atomic E-state index is -0.624. The van der Waals surface area contributed by atoms with Crippen LogP contribution in [0.3, 0.4) is 0 Å². The van der Waals surface area contributed by atoms with Crippen LogP contribution in [0.25, 0.3) is 10.9 Å². The SMILES string of the molecule is C[C@@H](OC(=O)CCc1nc2ccccc2c(=O)[nH]1)c1cccc([N+](=O)[O-])c1. The van der Waals surface area contributed by atoms with Crippen LogP contribution in [0.1, 0.15) is 30.8 Å². The van der Waals surface area contributed by atoms with Crippen molar-refractivity contribution in [1.29, 1.82) is 0 Å². The molecule has 3 aromatic rings. The fourth-order valence-electron chi connectivity index (χ4n) is 2.69. The number of carbonyl (C=O) groups excluding carboxylic acids is 1. The van der Waals surface area contributed by atoms with E-state index in [1.807, 2.05) is 0 Å². The summed E-state index contributed by atoms with van der Waals surface area (Å²) >= 11 is 0. The number of aromatic amines is 1. The minimum Gasteiger partial charge on any atom is -0.458 e. The Morgan fingerprint density at radius 1 is 1.26 bits per heavy atom. The standard InChI is InChI=1S/C19H17N3O5/c1-12(13-5-4-6-14(11-13)22(25)26)27-18(23)10-9-17-20-16-8-3-2-7-15(16)19(24)21-17/h2-8,11-12H,9-10H2,1H3,(H,20,21,24)/t12-/m1/s1. The molecule has 0 fully saturated rings. The normalized spacial score (nSPS) is 11.9. The zero-order valence-electron chi connectivity index (χ0n) is 14.5. The monoisotopic (exact) mass is 367 g/mol. The van der Waals surface area contributed by atoms with Crippen LogP contribution in [-0.2, 0) is 16.0 Å². The molecule has 2 aromatic carbocycles. The van der Waals surface area contributed by atoms with Crippen molar-refractivity contribution in [2.75, 3.05) is 0 Å². The lowest BCUT2D eigenvalue weighted by atomic mass is 10.1. The molecular weight excluding hydrogens is 350 g/mol. The average molecular weight is 367 g/mol. The third-order valence-electron chi connectivity index (χ3n) is 4.09. The minimum absolute atomic E-state index is 0.0283. The van der Waals surface area contributed by atoms with Gasteiger partial charge in [0.1, 0.15) is 11.9 Å². The molecule has 1 aromatic heterocycles. The van der Waals surface area contributed by atoms with Gasteiger partial charge in [0.2, 0.25) is 0 Å². The number of benzene rings is 2. The molecule has 1 N–H and O–H groups in total. The van der Waals surface area contributed by atoms with Crippen molar-refractivity contribution >= 4 is 22.6 Å². The predicted molar refractivity (Wildman–Crippen MR) is 98.3 cm³/mol. The van der Waals surface area contributed by atoms with E-state index < -0.39 is 17.0 Å². The zero-order chi connectivity index (χ0) is 19.4. The van der Waals surface area contributed by atoms with Crippen molar-refractivity contribution in [3.8, 4) is 0 Å². The number of ether oxygens (including phenoxy) is 1. The summed E-state index contributed by atoms with van der Waals surface area (Å²) in [5.74, 6) is -0.0801. The number of esters is 1. The van der Waals surface area contributed by atoms with Crippen molar-refractivity contribution in [3.63, 3.8) is 0 Å². The Labute approximate surface area is 154 Å². The molecule has 0 spiro atoms. The maximum Gasteiger partial charge on any atom is 0.306 e. The van der Waals surface area contributed by atoms with Crippen LogP contribution >= 0.6 is 0 Å². The maximum atomic E-state index is 12.1. The number of hydrogen-bond donors (Lipinski definition) is 1. The molecule has 0 bridgehead atoms. The lowest BCUT2D eigenvalue weighted by molar-refractivity contribution is -0.385. The van der Waals surface area contributed by atoms with Crippen LogP contribution in [0.4, 0.5) is 5.69 Å². The molecule has 27 heavy (non-hydrogen) atoms. The van der Waals surface area contributed by atoms with Gasteiger partial charge in [0, 0.05) is 18.6 Å². The van der Waals surface area contributed by atoms with Crippen LogP contribution in [-0.4, -0.2) is 20.9 Å². The summed E-state index contributed by atoms with van der Waals surface area (Å²) in [4.78, 5) is 41.5. The molecule has 0 radical (unpaired) electrons. The Balaban J connectivity index is 1.63. The highest BCUT2D eigenvalue weighted by Crippen LogP contribution is 2.22. The summed E-state index contributed by atoms with van der Waals surface area (Å²) in [6.45, 7) is 1.65. The van der Waals surface area contributed by atoms with Crippen LogP contribution in [0, 0.1) is 10.1 Å². The Hall–Kier alpha value is -3.55. The number of fused-ring (bicyclic) bond motifs is 1. The van der Waals surface area contributed by atoms with Gasteiger partial charge in [0.15, 0.2) is 0 Å². The van der Waals surface area contributed by atoms with Crippen LogP contribution < -0.4 is 5.56 Å². The second-order valence-electron chi connectivity index (χ2n) is 6.01. The molecule has 0 aliphatic carbocycles. The van der Waals surface area contributed by atoms with Crippen molar-refractivity contribution in [2.45, 2.75) is 25.9 Å². The van der Waals surface area contributed by atoms with E-state index in [-0.39, 0.29) is 24.1 Å². The van der Waals surface area contributed by atoms with E-state index in [9.17, 15) is 19.7 Å². The van der Waals surface area contributed by atoms with E-state index in [2.05, 4.69) is 9.97 Å². The quantitative estimate of drug-likeness (QED) is 0.407. The summed E-state index contributed by atoms with van der Waals surface area (Å²) in [5.41, 5.74) is 0.784. The second-order valence-corrected chi connectivity index (χ2v) is 6.01. The number of aryl methyl sites for hydroxylation is 1. The van der Waals surface area contributed by atoms with Gasteiger partial charge in [-0.1, -0.05) is 24.3 Å². The number of rotatable bonds is 6. The summed E-state index contributed by atoms with van der Waals surface area (Å²) in [5, 5.41) is 11.3. The molecule has 0 aliphatic rings. The number of carbonyl (C=O) groups is 1. The molecule has 3 rings (SSSR count). The molecule has 0 saturated carbocycles. The summed E-state index contributed by atoms with van der Waals surface area (Å²) in [7, 11) is 0. The fraction of sp³-hybridized carbons (Fsp3) is 0.211. The van der Waals surface area contributed by atoms with Gasteiger partial charge in [0.25, 0.3) is 11.2 Å². The van der Waals surface area contributed by atoms with E-state index >= 15 is 0 Å². The second kappa shape index (κ2) is 7.77. The number of nitrogens with one attached hydrogen (secondary N) is 1. The molecule has 0 aliphatic heterocycles. The van der Waals surface area contributed by atoms with Gasteiger partial charge >= 0.3 is 5.97 Å². The topological polar surface area (TPSA) is 115 Å². The fourth-order valence-corrected chi connectivity index (χ4v) is 2.69. The number of H-pyrrole nitrogens is 1. The molecule has 8 nitrogen and oxygen atoms in total. The summed E-state index contributed by atoms with van der Waals surface area (Å²) in [6, 6.07) is 12.9. The number of hydrogen-bond acceptors (Lipinski definition) is 6. The Morgan fingerprint density at radius 2 is 2.04 bits per heavy atom. The first-order valence-corrected chi connectivity index (χ1v) is 8.36. The molecular formula is C19H17N3O5. The largest absolute Gasteiger partial charge is 0.458 e. The number of nitrogens with zero attached hydrogens (tertiary/aromatic N) is 2. The van der Waals surface area contributed by atoms with Gasteiger partial charge in [-0.15, -0.1) is 0 Å². The van der Waals surface area contributed by atoms with Gasteiger partial charge < -0.3 is 9.72 Å². The number of aromatic nitrogens is 2. The molecule has 1 atom stereocenters. The van der Waals surface area contributed by atoms with Crippen LogP contribution in [0.15, 0.2) is 53.3 Å². The van der Waals surface area contributed by atoms with E-state index in [4.69, 9.17) is 4.74 Å². The van der Waals surface area contributed by atoms with E-state index in [0.717, 1.165) is 0 Å². The predicted octanol–water partition coefficient (Wildman–Crippen LogP) is 3.07. The number of nitro groups is 1. The number of para-hydroxylation sites is 1. The summed E-state index contributed by atoms with van der Waals surface area (Å²) in [6.07, 6.45) is -0.373. The van der Waals surface area contributed by atoms with Gasteiger partial charge in [-0.05, 0) is 24.6 Å². The molecule has 1 heterocycles. The number of nitro benzene ring substituents is 1. The molecule has 0 unspecified atom stereocenters. The lowest BCUT2D eigenvalue weighted by Crippen LogP contribution is -2.14. The van der Waals surface area contributed by atoms with E-state index in [1.165, 1.54) is 12.1 Å². The third-order valence-corrected chi connectivity index (χ3v) is 4.09. The van der Waals surface area contributed by atoms with Crippen molar-refractivity contribution in [2.24, 2.45) is 0 Å². The Kier molecular flexibility index (Phi) is 5.25. The van der Waals surface area contributed by atoms with Gasteiger partial charge in [-0.2, -0.15) is 0 Å². The van der Waals surface area contributed by atoms with Crippen molar-refractivity contribution < 1.29 is 14.5 Å². The van der Waals surface area contributed by atoms with Gasteiger partial charge in [0.05, 0.1) is 22.2 Å². The molecule has 0 amide bonds. The first-order valence-electron chi connectivity index (χ1n) is 8.36. The third kappa shape index (κ3) is 4.35. The number of non-ortho nitro benzene ring substituents is 1. The first-order chi connectivity index (χ1) is 12.9.